The highest BCUT2D eigenvalue weighted by Gasteiger charge is 2.21. The van der Waals surface area contributed by atoms with Crippen LogP contribution in [0.5, 0.6) is 0 Å². The number of rotatable bonds is 9. The molecule has 2 aromatic carbocycles. The van der Waals surface area contributed by atoms with E-state index in [0.717, 1.165) is 74.8 Å². The van der Waals surface area contributed by atoms with Crippen LogP contribution in [-0.2, 0) is 24.0 Å². The van der Waals surface area contributed by atoms with E-state index in [2.05, 4.69) is 57.0 Å². The van der Waals surface area contributed by atoms with Gasteiger partial charge in [0.25, 0.3) is 0 Å². The van der Waals surface area contributed by atoms with Crippen molar-refractivity contribution in [3.63, 3.8) is 0 Å². The molecule has 41 heavy (non-hydrogen) atoms. The number of hydrogen-bond acceptors (Lipinski definition) is 6. The molecule has 7 heteroatoms. The summed E-state index contributed by atoms with van der Waals surface area (Å²) in [6, 6.07) is 15.4. The van der Waals surface area contributed by atoms with Crippen LogP contribution in [0.15, 0.2) is 91.2 Å². The Bertz CT molecular complexity index is 1380. The zero-order chi connectivity index (χ0) is 28.4. The fourth-order valence-corrected chi connectivity index (χ4v) is 5.50. The van der Waals surface area contributed by atoms with Gasteiger partial charge in [-0.15, -0.1) is 0 Å². The first-order chi connectivity index (χ1) is 20.1. The lowest BCUT2D eigenvalue weighted by atomic mass is 9.85. The molecule has 3 aromatic rings. The Kier molecular flexibility index (Phi) is 10.1. The molecular formula is C34H40FN5O. The van der Waals surface area contributed by atoms with Crippen molar-refractivity contribution >= 4 is 11.6 Å². The SMILES string of the molecule is C=C1/C=C\C=C/Cc2nc(Nc3cccc(CCN4CCN(CCOC)CC4)c3)ncc2C[C@H]1c1ccccc1F. The van der Waals surface area contributed by atoms with Crippen molar-refractivity contribution in [3.8, 4) is 0 Å². The molecule has 6 nitrogen and oxygen atoms in total. The fraction of sp³-hybridized carbons (Fsp3) is 0.353. The molecule has 1 aliphatic carbocycles. The lowest BCUT2D eigenvalue weighted by Crippen LogP contribution is -2.47. The van der Waals surface area contributed by atoms with Gasteiger partial charge in [-0.05, 0) is 53.3 Å². The Hall–Kier alpha value is -3.65. The molecule has 2 heterocycles. The maximum Gasteiger partial charge on any atom is 0.227 e. The number of piperazine rings is 1. The molecule has 0 spiro atoms. The molecule has 1 fully saturated rings. The quantitative estimate of drug-likeness (QED) is 0.366. The average Bonchev–Trinajstić information content (AvgIpc) is 2.99. The second-order valence-corrected chi connectivity index (χ2v) is 10.8. The molecule has 0 bridgehead atoms. The van der Waals surface area contributed by atoms with Gasteiger partial charge >= 0.3 is 0 Å². The van der Waals surface area contributed by atoms with Crippen LogP contribution in [0.3, 0.4) is 0 Å². The number of nitrogens with one attached hydrogen (secondary N) is 1. The number of fused-ring (bicyclic) bond motifs is 1. The van der Waals surface area contributed by atoms with Gasteiger partial charge in [-0.1, -0.05) is 61.2 Å². The summed E-state index contributed by atoms with van der Waals surface area (Å²) < 4.78 is 20.0. The highest BCUT2D eigenvalue weighted by Crippen LogP contribution is 2.32. The third-order valence-electron chi connectivity index (χ3n) is 7.95. The topological polar surface area (TPSA) is 53.5 Å². The first-order valence-corrected chi connectivity index (χ1v) is 14.5. The summed E-state index contributed by atoms with van der Waals surface area (Å²) in [7, 11) is 1.76. The van der Waals surface area contributed by atoms with Gasteiger partial charge < -0.3 is 15.0 Å². The minimum atomic E-state index is -0.218. The molecular weight excluding hydrogens is 513 g/mol. The zero-order valence-corrected chi connectivity index (χ0v) is 23.9. The molecule has 0 radical (unpaired) electrons. The largest absolute Gasteiger partial charge is 0.383 e. The van der Waals surface area contributed by atoms with E-state index < -0.39 is 0 Å². The van der Waals surface area contributed by atoms with Gasteiger partial charge in [0.2, 0.25) is 5.95 Å². The van der Waals surface area contributed by atoms with E-state index in [0.29, 0.717) is 24.4 Å². The maximum absolute atomic E-state index is 14.8. The second kappa shape index (κ2) is 14.3. The van der Waals surface area contributed by atoms with Gasteiger partial charge in [0.15, 0.2) is 0 Å². The van der Waals surface area contributed by atoms with E-state index in [1.807, 2.05) is 36.6 Å². The smallest absolute Gasteiger partial charge is 0.227 e. The Balaban J connectivity index is 1.25. The molecule has 214 valence electrons. The van der Waals surface area contributed by atoms with E-state index in [9.17, 15) is 4.39 Å². The summed E-state index contributed by atoms with van der Waals surface area (Å²) >= 11 is 0. The van der Waals surface area contributed by atoms with E-state index in [1.165, 1.54) is 11.6 Å². The van der Waals surface area contributed by atoms with Crippen molar-refractivity contribution in [2.75, 3.05) is 58.3 Å². The molecule has 0 saturated carbocycles. The number of halogens is 1. The van der Waals surface area contributed by atoms with Gasteiger partial charge in [-0.3, -0.25) is 4.90 Å². The minimum absolute atomic E-state index is 0.190. The third-order valence-corrected chi connectivity index (χ3v) is 7.95. The highest BCUT2D eigenvalue weighted by molar-refractivity contribution is 5.55. The van der Waals surface area contributed by atoms with E-state index in [1.54, 1.807) is 13.2 Å². The van der Waals surface area contributed by atoms with Crippen molar-refractivity contribution in [2.24, 2.45) is 0 Å². The normalized spacial score (nSPS) is 19.9. The summed E-state index contributed by atoms with van der Waals surface area (Å²) in [6.45, 7) is 11.5. The van der Waals surface area contributed by atoms with Crippen molar-refractivity contribution in [2.45, 2.75) is 25.2 Å². The number of anilines is 2. The number of hydrogen-bond donors (Lipinski definition) is 1. The van der Waals surface area contributed by atoms with Gasteiger partial charge in [0.1, 0.15) is 5.82 Å². The van der Waals surface area contributed by atoms with Crippen LogP contribution >= 0.6 is 0 Å². The van der Waals surface area contributed by atoms with Crippen LogP contribution in [-0.4, -0.2) is 72.8 Å². The second-order valence-electron chi connectivity index (χ2n) is 10.8. The number of methoxy groups -OCH3 is 1. The number of benzene rings is 2. The van der Waals surface area contributed by atoms with Crippen LogP contribution < -0.4 is 5.32 Å². The molecule has 0 amide bonds. The minimum Gasteiger partial charge on any atom is -0.383 e. The Morgan fingerprint density at radius 1 is 1.02 bits per heavy atom. The van der Waals surface area contributed by atoms with E-state index in [-0.39, 0.29) is 11.7 Å². The first kappa shape index (κ1) is 28.9. The van der Waals surface area contributed by atoms with Gasteiger partial charge in [-0.2, -0.15) is 0 Å². The Labute approximate surface area is 243 Å². The van der Waals surface area contributed by atoms with Gasteiger partial charge in [0.05, 0.1) is 12.3 Å². The third kappa shape index (κ3) is 7.97. The summed E-state index contributed by atoms with van der Waals surface area (Å²) in [5, 5.41) is 3.41. The molecule has 1 N–H and O–H groups in total. The zero-order valence-electron chi connectivity index (χ0n) is 23.9. The van der Waals surface area contributed by atoms with Crippen LogP contribution in [0.1, 0.15) is 28.3 Å². The van der Waals surface area contributed by atoms with Crippen LogP contribution in [0.4, 0.5) is 16.0 Å². The van der Waals surface area contributed by atoms with Gasteiger partial charge in [0, 0.05) is 70.6 Å². The average molecular weight is 554 g/mol. The summed E-state index contributed by atoms with van der Waals surface area (Å²) in [6.07, 6.45) is 12.1. The summed E-state index contributed by atoms with van der Waals surface area (Å²) in [5.74, 6) is 0.157. The molecule has 1 aromatic heterocycles. The fourth-order valence-electron chi connectivity index (χ4n) is 5.50. The number of allylic oxidation sites excluding steroid dienone is 5. The molecule has 2 aliphatic rings. The van der Waals surface area contributed by atoms with E-state index in [4.69, 9.17) is 9.72 Å². The van der Waals surface area contributed by atoms with Crippen LogP contribution in [0, 0.1) is 5.82 Å². The number of aromatic nitrogens is 2. The predicted octanol–water partition coefficient (Wildman–Crippen LogP) is 5.72. The molecule has 1 saturated heterocycles. The van der Waals surface area contributed by atoms with E-state index >= 15 is 0 Å². The van der Waals surface area contributed by atoms with Crippen molar-refractivity contribution in [1.82, 2.24) is 19.8 Å². The van der Waals surface area contributed by atoms with Crippen LogP contribution in [0.25, 0.3) is 0 Å². The lowest BCUT2D eigenvalue weighted by Gasteiger charge is -2.34. The molecule has 1 atom stereocenters. The Morgan fingerprint density at radius 2 is 1.83 bits per heavy atom. The van der Waals surface area contributed by atoms with Crippen molar-refractivity contribution in [3.05, 3.63) is 119 Å². The predicted molar refractivity (Wildman–Crippen MR) is 164 cm³/mol. The molecule has 0 unspecified atom stereocenters. The number of ether oxygens (including phenoxy) is 1. The number of nitrogens with zero attached hydrogens (tertiary/aromatic N) is 4. The highest BCUT2D eigenvalue weighted by atomic mass is 19.1. The Morgan fingerprint density at radius 3 is 2.63 bits per heavy atom. The maximum atomic E-state index is 14.8. The molecule has 5 rings (SSSR count). The monoisotopic (exact) mass is 553 g/mol. The lowest BCUT2D eigenvalue weighted by molar-refractivity contribution is 0.0976. The first-order valence-electron chi connectivity index (χ1n) is 14.5. The van der Waals surface area contributed by atoms with Crippen molar-refractivity contribution in [1.29, 1.82) is 0 Å². The summed E-state index contributed by atoms with van der Waals surface area (Å²) in [4.78, 5) is 14.6. The van der Waals surface area contributed by atoms with Crippen LogP contribution in [0.2, 0.25) is 0 Å². The van der Waals surface area contributed by atoms with Crippen molar-refractivity contribution < 1.29 is 9.13 Å². The standard InChI is InChI=1S/C34H40FN5O/c1-26-9-4-3-5-14-33-28(24-31(26)30-12-6-7-13-32(30)35)25-36-34(38-33)37-29-11-8-10-27(23-29)15-16-39-17-19-40(20-18-39)21-22-41-2/h3-13,23,25,31H,1,14-22,24H2,2H3,(H,36,37,38)/b5-3-,9-4-/t31-/m1/s1. The van der Waals surface area contributed by atoms with Gasteiger partial charge in [-0.25, -0.2) is 14.4 Å². The summed E-state index contributed by atoms with van der Waals surface area (Å²) in [5.41, 5.74) is 5.70. The molecule has 1 aliphatic heterocycles.